The molecule has 13 aromatic rings. The second kappa shape index (κ2) is 70.7. The minimum Gasteiger partial charge on any atom is -0.870 e. The van der Waals surface area contributed by atoms with Gasteiger partial charge in [0.25, 0.3) is 18.1 Å². The molecule has 758 valence electrons. The van der Waals surface area contributed by atoms with Gasteiger partial charge in [0, 0.05) is 132 Å². The molecule has 10 aromatic carbocycles. The number of esters is 4. The van der Waals surface area contributed by atoms with Gasteiger partial charge in [-0.05, 0) is 214 Å². The van der Waals surface area contributed by atoms with Gasteiger partial charge in [0.2, 0.25) is 5.82 Å². The molecule has 1 amide bonds. The zero-order valence-electron chi connectivity index (χ0n) is 76.2. The van der Waals surface area contributed by atoms with Gasteiger partial charge in [0.05, 0.1) is 99.5 Å². The first-order chi connectivity index (χ1) is 64.2. The van der Waals surface area contributed by atoms with E-state index < -0.39 is 82.4 Å². The van der Waals surface area contributed by atoms with Gasteiger partial charge in [-0.2, -0.15) is 4.39 Å². The molecule has 0 bridgehead atoms. The summed E-state index contributed by atoms with van der Waals surface area (Å²) in [5.41, 5.74) is 18.6. The smallest absolute Gasteiger partial charge is 0.870 e. The standard InChI is InChI=1S/C15H11FN2O2.C14H11FN2O4.C14H9FN2O2.C14H13FN2O2.C11H16N4OS.C8H6FNO4.C6H6FN.C4H10O3.2C2H6O.2CH4.2ClH.H2N.Na.3H2O.Sn/c1-20-15(19)10-2-7-14-13(8-10)17-9-18(14)12-5-3-11(16)4-6-12;1-21-14(18)9-2-7-12(13(8-9)17(19)20)16-11-5-3-10(15)4-6-11;15-10-2-4-11(5-3-10)17-8-16-12-7-9(14(18)19)1-6-13(12)17;1-19-14(18)9-2-7-13(12(16)8-9)17-11-5-3-10(15)4-6-11;16-11(10-13-1-6-17-10)15-4-2-14(3-5-15)9-7-12-8-9;1-14-8(11)5-2-3-6(9)7(4-5)10(12)13;7-5-1-3-6(8)4-2-5;1-5-4(6-2)7-3;2*1-2-3;;;;;;;;;;/h2-9H,1H3;2-8,16H,1H3;1-8H,(H,18,19);2-8,17H,16H2,1H3;1,6,9,12H,2-5,7-8H2;2-4H,1H3;1-4H,8H2;4H,1-3H3;2*3H,2H2,1H3;2*1H4;2*1H;1H2;;3*1H2;/q;;;;;;;;;;;;;;-1;+1;;;;+2/p-3. The summed E-state index contributed by atoms with van der Waals surface area (Å²) >= 11 is 0.596. The Bertz CT molecular complexity index is 5870. The number of rotatable bonds is 18. The van der Waals surface area contributed by atoms with Crippen molar-refractivity contribution in [2.75, 3.05) is 124 Å². The van der Waals surface area contributed by atoms with Gasteiger partial charge in [-0.1, -0.05) is 14.9 Å². The maximum Gasteiger partial charge on any atom is 1.00 e. The molecule has 2 aliphatic rings. The van der Waals surface area contributed by atoms with Crippen LogP contribution in [-0.2, 0) is 33.2 Å². The van der Waals surface area contributed by atoms with Gasteiger partial charge in [-0.3, -0.25) is 39.1 Å². The van der Waals surface area contributed by atoms with Crippen LogP contribution in [0.3, 0.4) is 0 Å². The van der Waals surface area contributed by atoms with Crippen molar-refractivity contribution in [1.82, 2.24) is 39.2 Å². The Morgan fingerprint density at radius 1 is 0.518 bits per heavy atom. The van der Waals surface area contributed by atoms with Crippen molar-refractivity contribution < 1.29 is 159 Å². The van der Waals surface area contributed by atoms with Crippen LogP contribution in [0.25, 0.3) is 39.6 Å². The molecule has 2 aliphatic heterocycles. The fourth-order valence-electron chi connectivity index (χ4n) is 11.3. The number of amides is 1. The molecule has 0 saturated carbocycles. The number of fused-ring (bicyclic) bond motifs is 2. The number of nitrogens with one attached hydrogen (secondary N) is 3. The van der Waals surface area contributed by atoms with E-state index in [0.717, 1.165) is 93.1 Å². The molecule has 0 aliphatic carbocycles. The second-order valence-electron chi connectivity index (χ2n) is 26.6. The van der Waals surface area contributed by atoms with Crippen molar-refractivity contribution in [3.05, 3.63) is 331 Å². The van der Waals surface area contributed by atoms with Crippen LogP contribution in [0.4, 0.5) is 71.8 Å². The number of nitrogens with two attached hydrogens (primary N) is 3. The number of carbonyl (C=O) groups excluding carboxylic acids is 5. The first kappa shape index (κ1) is 132. The van der Waals surface area contributed by atoms with E-state index in [2.05, 4.69) is 69.0 Å². The van der Waals surface area contributed by atoms with E-state index in [1.165, 1.54) is 169 Å². The third-order valence-electron chi connectivity index (χ3n) is 17.8. The number of halogens is 8. The third kappa shape index (κ3) is 43.8. The van der Waals surface area contributed by atoms with Crippen LogP contribution >= 0.6 is 29.2 Å². The molecule has 5 heterocycles. The molecule has 17 N–H and O–H groups in total. The van der Waals surface area contributed by atoms with E-state index in [4.69, 9.17) is 44.6 Å². The van der Waals surface area contributed by atoms with Crippen LogP contribution in [-0.4, -0.2) is 245 Å². The summed E-state index contributed by atoms with van der Waals surface area (Å²) in [6.07, 6.45) is 4.91. The number of hydrogen-bond acceptors (Lipinski definition) is 30. The van der Waals surface area contributed by atoms with Gasteiger partial charge >= 0.3 is 102 Å². The maximum atomic E-state index is 12.9. The first-order valence-electron chi connectivity index (χ1n) is 39.3. The number of aromatic nitrogens is 5. The quantitative estimate of drug-likeness (QED) is 0.00578. The Labute approximate surface area is 851 Å². The molecule has 3 aromatic heterocycles. The van der Waals surface area contributed by atoms with E-state index in [0.29, 0.717) is 61.6 Å². The Hall–Kier alpha value is -12.9. The van der Waals surface area contributed by atoms with Gasteiger partial charge in [0.1, 0.15) is 47.4 Å². The number of benzene rings is 10. The number of nitrogens with zero attached hydrogens (tertiary/aromatic N) is 9. The number of piperazine rings is 1. The summed E-state index contributed by atoms with van der Waals surface area (Å²) in [6.45, 7) is 9.18. The zero-order chi connectivity index (χ0) is 98.9. The molecule has 15 rings (SSSR count). The van der Waals surface area contributed by atoms with Crippen LogP contribution in [0, 0.1) is 55.1 Å². The van der Waals surface area contributed by atoms with Crippen LogP contribution in [0.15, 0.2) is 237 Å². The predicted octanol–water partition coefficient (Wildman–Crippen LogP) is 13.2. The SMILES string of the molecule is C.C.CCO.CCO.COC(=O)c1ccc(F)c([N+](=O)[O-])c1.COC(=O)c1ccc(Nc2ccc(F)cc2)c(N)c1.COC(=O)c1ccc(Nc2ccc(F)cc2)c([N+](=O)[O-])c1.COC(=O)c1ccc2c(c1)ncn2-c1ccc(F)cc1.COC(OC)OC.Nc1ccc(F)cc1.O.O.O=C(O)c1ccc2c(c1)ncn2-c1ccc(F)cc1.O=C(c1nccs1)N1CCN(C2CNC2)CC1.[Cl][Sn][Cl].[NH2-].[Na+].[OH-]. The topological polar surface area (TPSA) is 584 Å². The molecule has 38 nitrogen and oxygen atoms in total. The molecule has 141 heavy (non-hydrogen) atoms. The van der Waals surface area contributed by atoms with Crippen molar-refractivity contribution in [2.45, 2.75) is 41.2 Å². The number of thiazole rings is 1. The van der Waals surface area contributed by atoms with Crippen LogP contribution in [0.2, 0.25) is 0 Å². The molecule has 49 heteroatoms. The molecule has 0 atom stereocenters. The number of hydrogen-bond donors (Lipinski definition) is 8. The molecule has 2 saturated heterocycles. The third-order valence-corrected chi connectivity index (χ3v) is 18.6. The number of nitrogen functional groups attached to an aromatic ring is 2. The van der Waals surface area contributed by atoms with E-state index in [1.807, 2.05) is 14.8 Å². The second-order valence-corrected chi connectivity index (χ2v) is 31.7. The van der Waals surface area contributed by atoms with Gasteiger partial charge < -0.3 is 103 Å². The number of carbonyl (C=O) groups is 6. The number of anilines is 6. The number of aliphatic hydroxyl groups excluding tert-OH is 2. The Morgan fingerprint density at radius 2 is 0.858 bits per heavy atom. The largest absolute Gasteiger partial charge is 1.00 e. The van der Waals surface area contributed by atoms with Crippen LogP contribution < -0.4 is 57.0 Å². The molecule has 2 fully saturated rings. The summed E-state index contributed by atoms with van der Waals surface area (Å²) < 4.78 is 112. The molecule has 0 spiro atoms. The summed E-state index contributed by atoms with van der Waals surface area (Å²) in [6, 6.07) is 51.2. The maximum absolute atomic E-state index is 12.9. The number of aliphatic hydroxyl groups is 2. The Balaban J connectivity index is -0.00000154. The van der Waals surface area contributed by atoms with Gasteiger partial charge in [-0.25, -0.2) is 60.9 Å². The van der Waals surface area contributed by atoms with E-state index >= 15 is 0 Å². The van der Waals surface area contributed by atoms with Crippen LogP contribution in [0.1, 0.15) is 90.3 Å². The number of carboxylic acid groups (broad SMARTS) is 1. The van der Waals surface area contributed by atoms with Crippen molar-refractivity contribution in [3.8, 4) is 11.4 Å². The fourth-order valence-corrected chi connectivity index (χ4v) is 11.9. The monoisotopic (exact) mass is 2150 g/mol. The minimum atomic E-state index is -0.988. The van der Waals surface area contributed by atoms with Crippen molar-refractivity contribution in [2.24, 2.45) is 0 Å². The number of imidazole rings is 2. The average Bonchev–Trinajstić information content (AvgIpc) is 1.66. The number of methoxy groups -OCH3 is 7. The van der Waals surface area contributed by atoms with E-state index in [-0.39, 0.29) is 137 Å². The first-order valence-corrected chi connectivity index (χ1v) is 47.4. The van der Waals surface area contributed by atoms with E-state index in [9.17, 15) is 75.3 Å². The minimum absolute atomic E-state index is 0. The normalized spacial score (nSPS) is 10.9. The molecular weight excluding hydrogens is 2040 g/mol. The van der Waals surface area contributed by atoms with Crippen molar-refractivity contribution in [1.29, 1.82) is 0 Å². The molecular formula is C92H109Cl2F6N15NaO23SSn-. The van der Waals surface area contributed by atoms with Gasteiger partial charge in [-0.15, -0.1) is 11.3 Å². The number of ether oxygens (including phenoxy) is 7. The number of carboxylic acids is 1. The van der Waals surface area contributed by atoms with E-state index in [1.54, 1.807) is 110 Å². The fraction of sp³-hybridized carbons (Fsp3) is 0.228. The van der Waals surface area contributed by atoms with Crippen molar-refractivity contribution in [3.63, 3.8) is 0 Å². The molecule has 0 unspecified atom stereocenters. The summed E-state index contributed by atoms with van der Waals surface area (Å²) in [5, 5.41) is 57.0. The summed E-state index contributed by atoms with van der Waals surface area (Å²) in [7, 11) is 19.4. The number of aromatic carboxylic acids is 1. The number of nitro groups is 2. The predicted molar refractivity (Wildman–Crippen MR) is 524 cm³/mol. The Morgan fingerprint density at radius 3 is 1.20 bits per heavy atom. The summed E-state index contributed by atoms with van der Waals surface area (Å²) in [5.74, 6) is -5.68. The molecule has 2 radical (unpaired) electrons. The summed E-state index contributed by atoms with van der Waals surface area (Å²) in [4.78, 5) is 105. The average molecular weight is 2150 g/mol. The van der Waals surface area contributed by atoms with Gasteiger partial charge in [0.15, 0.2) is 5.01 Å². The Kier molecular flexibility index (Phi) is 66.3. The van der Waals surface area contributed by atoms with Crippen LogP contribution in [0.5, 0.6) is 0 Å². The zero-order valence-corrected chi connectivity index (χ0v) is 83.4. The number of nitro benzene ring substituents is 2. The van der Waals surface area contributed by atoms with Crippen molar-refractivity contribution >= 4 is 151 Å².